The average Bonchev–Trinajstić information content (AvgIpc) is 2.81. The van der Waals surface area contributed by atoms with Gasteiger partial charge in [0.1, 0.15) is 11.8 Å². The van der Waals surface area contributed by atoms with E-state index in [2.05, 4.69) is 16.0 Å². The number of esters is 1. The van der Waals surface area contributed by atoms with Crippen molar-refractivity contribution in [2.45, 2.75) is 32.4 Å². The number of ether oxygens (including phenoxy) is 2. The van der Waals surface area contributed by atoms with Gasteiger partial charge in [0.15, 0.2) is 12.7 Å². The van der Waals surface area contributed by atoms with Crippen molar-refractivity contribution < 1.29 is 28.7 Å². The van der Waals surface area contributed by atoms with Crippen LogP contribution in [0.25, 0.3) is 0 Å². The fourth-order valence-electron chi connectivity index (χ4n) is 2.78. The summed E-state index contributed by atoms with van der Waals surface area (Å²) < 4.78 is 10.7. The van der Waals surface area contributed by atoms with Gasteiger partial charge in [-0.15, -0.1) is 0 Å². The largest absolute Gasteiger partial charge is 0.484 e. The second-order valence-corrected chi connectivity index (χ2v) is 8.32. The van der Waals surface area contributed by atoms with Crippen molar-refractivity contribution >= 4 is 46.8 Å². The smallest absolute Gasteiger partial charge is 0.329 e. The van der Waals surface area contributed by atoms with E-state index in [0.717, 1.165) is 0 Å². The number of carbonyl (C=O) groups excluding carboxylic acids is 4. The molecule has 0 aliphatic heterocycles. The number of rotatable bonds is 12. The van der Waals surface area contributed by atoms with Crippen molar-refractivity contribution in [2.75, 3.05) is 29.2 Å². The Morgan fingerprint density at radius 3 is 2.15 bits per heavy atom. The first kappa shape index (κ1) is 26.7. The molecule has 34 heavy (non-hydrogen) atoms. The number of hydrogen-bond acceptors (Lipinski definition) is 7. The molecular formula is C24H29N3O6S. The van der Waals surface area contributed by atoms with Crippen molar-refractivity contribution in [2.24, 2.45) is 0 Å². The molecular weight excluding hydrogens is 458 g/mol. The van der Waals surface area contributed by atoms with Crippen molar-refractivity contribution in [3.05, 3.63) is 54.6 Å². The van der Waals surface area contributed by atoms with E-state index in [1.54, 1.807) is 48.5 Å². The van der Waals surface area contributed by atoms with Crippen molar-refractivity contribution in [1.82, 2.24) is 5.32 Å². The van der Waals surface area contributed by atoms with Crippen molar-refractivity contribution in [1.29, 1.82) is 0 Å². The van der Waals surface area contributed by atoms with E-state index >= 15 is 0 Å². The summed E-state index contributed by atoms with van der Waals surface area (Å²) >= 11 is 1.52. The molecule has 2 rings (SSSR count). The van der Waals surface area contributed by atoms with E-state index in [-0.39, 0.29) is 12.5 Å². The van der Waals surface area contributed by atoms with E-state index in [0.29, 0.717) is 29.3 Å². The van der Waals surface area contributed by atoms with Gasteiger partial charge in [-0.2, -0.15) is 11.8 Å². The predicted octanol–water partition coefficient (Wildman–Crippen LogP) is 2.83. The number of benzene rings is 2. The molecule has 2 aromatic carbocycles. The molecule has 3 N–H and O–H groups in total. The van der Waals surface area contributed by atoms with Crippen LogP contribution in [0, 0.1) is 0 Å². The number of anilines is 2. The summed E-state index contributed by atoms with van der Waals surface area (Å²) in [6.45, 7) is 2.60. The lowest BCUT2D eigenvalue weighted by Crippen LogP contribution is -2.46. The summed E-state index contributed by atoms with van der Waals surface area (Å²) in [4.78, 5) is 48.5. The van der Waals surface area contributed by atoms with Gasteiger partial charge in [-0.3, -0.25) is 14.4 Å². The summed E-state index contributed by atoms with van der Waals surface area (Å²) in [5.41, 5.74) is 1.07. The van der Waals surface area contributed by atoms with E-state index in [4.69, 9.17) is 9.47 Å². The molecule has 9 nitrogen and oxygen atoms in total. The molecule has 0 aromatic heterocycles. The summed E-state index contributed by atoms with van der Waals surface area (Å²) in [7, 11) is 0. The number of nitrogens with one attached hydrogen (secondary N) is 3. The Morgan fingerprint density at radius 2 is 1.56 bits per heavy atom. The van der Waals surface area contributed by atoms with Gasteiger partial charge in [0.05, 0.1) is 0 Å². The van der Waals surface area contributed by atoms with Crippen LogP contribution in [0.1, 0.15) is 20.3 Å². The van der Waals surface area contributed by atoms with Gasteiger partial charge in [-0.1, -0.05) is 18.2 Å². The highest BCUT2D eigenvalue weighted by Crippen LogP contribution is 2.14. The van der Waals surface area contributed by atoms with Crippen molar-refractivity contribution in [3.63, 3.8) is 0 Å². The number of thioether (sulfide) groups is 1. The van der Waals surface area contributed by atoms with Crippen LogP contribution in [0.3, 0.4) is 0 Å². The number of hydrogen-bond donors (Lipinski definition) is 3. The Morgan fingerprint density at radius 1 is 0.941 bits per heavy atom. The number of para-hydroxylation sites is 1. The zero-order valence-corrected chi connectivity index (χ0v) is 20.1. The van der Waals surface area contributed by atoms with Gasteiger partial charge in [0, 0.05) is 18.3 Å². The minimum absolute atomic E-state index is 0.202. The third kappa shape index (κ3) is 9.53. The number of amides is 3. The Labute approximate surface area is 203 Å². The highest BCUT2D eigenvalue weighted by Gasteiger charge is 2.26. The normalized spacial score (nSPS) is 12.1. The Hall–Kier alpha value is -3.53. The van der Waals surface area contributed by atoms with Gasteiger partial charge in [-0.05, 0) is 61.8 Å². The molecule has 3 amide bonds. The molecule has 0 saturated carbocycles. The topological polar surface area (TPSA) is 123 Å². The minimum Gasteiger partial charge on any atom is -0.484 e. The molecule has 0 fully saturated rings. The second kappa shape index (κ2) is 13.9. The lowest BCUT2D eigenvalue weighted by molar-refractivity contribution is -0.156. The van der Waals surface area contributed by atoms with Crippen molar-refractivity contribution in [3.8, 4) is 5.75 Å². The van der Waals surface area contributed by atoms with Gasteiger partial charge in [-0.25, -0.2) is 4.79 Å². The Kier molecular flexibility index (Phi) is 10.9. The molecule has 0 aliphatic rings. The number of carbonyl (C=O) groups is 4. The quantitative estimate of drug-likeness (QED) is 0.394. The van der Waals surface area contributed by atoms with Gasteiger partial charge >= 0.3 is 5.97 Å². The second-order valence-electron chi connectivity index (χ2n) is 7.33. The summed E-state index contributed by atoms with van der Waals surface area (Å²) in [5.74, 6) is -0.749. The summed E-state index contributed by atoms with van der Waals surface area (Å²) in [5, 5.41) is 7.90. The zero-order valence-electron chi connectivity index (χ0n) is 19.3. The van der Waals surface area contributed by atoms with Crippen LogP contribution in [0.4, 0.5) is 11.4 Å². The first-order valence-corrected chi connectivity index (χ1v) is 12.0. The standard InChI is InChI=1S/C24H29N3O6S/c1-16(23(30)26-19-11-9-18(10-12-19)25-17(2)28)33-24(31)21(13-14-34-3)27-22(29)15-32-20-7-5-4-6-8-20/h4-12,16,21H,13-15H2,1-3H3,(H,25,28)(H,26,30)(H,27,29)/t16-,21+/m1/s1. The summed E-state index contributed by atoms with van der Waals surface area (Å²) in [6.07, 6.45) is 1.14. The molecule has 2 aromatic rings. The van der Waals surface area contributed by atoms with E-state index in [1.807, 2.05) is 12.3 Å². The molecule has 0 bridgehead atoms. The fraction of sp³-hybridized carbons (Fsp3) is 0.333. The van der Waals surface area contributed by atoms with Crippen LogP contribution in [0.15, 0.2) is 54.6 Å². The Balaban J connectivity index is 1.89. The van der Waals surface area contributed by atoms with Crippen LogP contribution in [0.5, 0.6) is 5.75 Å². The lowest BCUT2D eigenvalue weighted by atomic mass is 10.2. The zero-order chi connectivity index (χ0) is 24.9. The molecule has 2 atom stereocenters. The van der Waals surface area contributed by atoms with Crippen LogP contribution < -0.4 is 20.7 Å². The van der Waals surface area contributed by atoms with Crippen LogP contribution in [-0.4, -0.2) is 54.5 Å². The lowest BCUT2D eigenvalue weighted by Gasteiger charge is -2.20. The molecule has 0 aliphatic carbocycles. The maximum absolute atomic E-state index is 12.7. The van der Waals surface area contributed by atoms with Gasteiger partial charge in [0.25, 0.3) is 11.8 Å². The first-order chi connectivity index (χ1) is 16.3. The van der Waals surface area contributed by atoms with Crippen LogP contribution >= 0.6 is 11.8 Å². The SMILES string of the molecule is CSCC[C@H](NC(=O)COc1ccccc1)C(=O)O[C@H](C)C(=O)Nc1ccc(NC(C)=O)cc1. The Bertz CT molecular complexity index is 968. The maximum atomic E-state index is 12.7. The molecule has 0 unspecified atom stereocenters. The highest BCUT2D eigenvalue weighted by molar-refractivity contribution is 7.98. The minimum atomic E-state index is -1.09. The van der Waals surface area contributed by atoms with E-state index < -0.39 is 29.9 Å². The van der Waals surface area contributed by atoms with Crippen LogP contribution in [-0.2, 0) is 23.9 Å². The summed E-state index contributed by atoms with van der Waals surface area (Å²) in [6, 6.07) is 14.5. The molecule has 0 heterocycles. The first-order valence-electron chi connectivity index (χ1n) is 10.6. The third-order valence-electron chi connectivity index (χ3n) is 4.48. The van der Waals surface area contributed by atoms with Crippen LogP contribution in [0.2, 0.25) is 0 Å². The predicted molar refractivity (Wildman–Crippen MR) is 132 cm³/mol. The maximum Gasteiger partial charge on any atom is 0.329 e. The van der Waals surface area contributed by atoms with Gasteiger partial charge < -0.3 is 25.4 Å². The molecule has 182 valence electrons. The molecule has 0 radical (unpaired) electrons. The third-order valence-corrected chi connectivity index (χ3v) is 5.12. The highest BCUT2D eigenvalue weighted by atomic mass is 32.2. The fourth-order valence-corrected chi connectivity index (χ4v) is 3.25. The molecule has 0 spiro atoms. The van der Waals surface area contributed by atoms with Gasteiger partial charge in [0.2, 0.25) is 5.91 Å². The monoisotopic (exact) mass is 487 g/mol. The van der Waals surface area contributed by atoms with E-state index in [9.17, 15) is 19.2 Å². The molecule has 0 saturated heterocycles. The van der Waals surface area contributed by atoms with E-state index in [1.165, 1.54) is 25.6 Å². The average molecular weight is 488 g/mol. The molecule has 10 heteroatoms.